The zero-order valence-corrected chi connectivity index (χ0v) is 8.44. The highest BCUT2D eigenvalue weighted by Gasteiger charge is 2.22. The summed E-state index contributed by atoms with van der Waals surface area (Å²) in [5.41, 5.74) is 5.42. The number of likely N-dealkylation sites (tertiary alicyclic amines) is 1. The summed E-state index contributed by atoms with van der Waals surface area (Å²) in [6.07, 6.45) is 2.61. The number of hydrogen-bond donors (Lipinski definition) is 2. The van der Waals surface area contributed by atoms with Crippen LogP contribution in [0.25, 0.3) is 0 Å². The lowest BCUT2D eigenvalue weighted by atomic mass is 9.94. The molecule has 1 atom stereocenters. The van der Waals surface area contributed by atoms with E-state index in [1.165, 1.54) is 0 Å². The van der Waals surface area contributed by atoms with Gasteiger partial charge in [-0.15, -0.1) is 0 Å². The molecule has 0 radical (unpaired) electrons. The van der Waals surface area contributed by atoms with Crippen LogP contribution in [0.3, 0.4) is 0 Å². The zero-order chi connectivity index (χ0) is 10.6. The number of oxime groups is 1. The van der Waals surface area contributed by atoms with Crippen molar-refractivity contribution in [2.24, 2.45) is 16.8 Å². The monoisotopic (exact) mass is 199 g/mol. The fraction of sp³-hybridized carbons (Fsp3) is 0.778. The van der Waals surface area contributed by atoms with Crippen LogP contribution in [0.4, 0.5) is 0 Å². The zero-order valence-electron chi connectivity index (χ0n) is 8.44. The quantitative estimate of drug-likeness (QED) is 0.292. The lowest BCUT2D eigenvalue weighted by molar-refractivity contribution is -0.130. The van der Waals surface area contributed by atoms with Crippen molar-refractivity contribution in [3.05, 3.63) is 0 Å². The number of rotatable bonds is 2. The minimum Gasteiger partial charge on any atom is -0.409 e. The molecule has 1 aliphatic rings. The smallest absolute Gasteiger partial charge is 0.219 e. The predicted molar refractivity (Wildman–Crippen MR) is 53.0 cm³/mol. The van der Waals surface area contributed by atoms with E-state index >= 15 is 0 Å². The fourth-order valence-corrected chi connectivity index (χ4v) is 1.85. The number of amidine groups is 1. The van der Waals surface area contributed by atoms with Crippen molar-refractivity contribution in [3.63, 3.8) is 0 Å². The van der Waals surface area contributed by atoms with Gasteiger partial charge < -0.3 is 15.8 Å². The molecule has 1 saturated heterocycles. The first kappa shape index (κ1) is 10.8. The first-order chi connectivity index (χ1) is 6.63. The van der Waals surface area contributed by atoms with Crippen molar-refractivity contribution in [2.75, 3.05) is 13.1 Å². The summed E-state index contributed by atoms with van der Waals surface area (Å²) in [7, 11) is 0. The van der Waals surface area contributed by atoms with E-state index in [9.17, 15) is 4.79 Å². The Morgan fingerprint density at radius 2 is 2.43 bits per heavy atom. The van der Waals surface area contributed by atoms with Gasteiger partial charge in [0.25, 0.3) is 0 Å². The maximum Gasteiger partial charge on any atom is 0.219 e. The second kappa shape index (κ2) is 4.83. The van der Waals surface area contributed by atoms with Crippen molar-refractivity contribution in [2.45, 2.75) is 26.2 Å². The fourth-order valence-electron chi connectivity index (χ4n) is 1.85. The molecule has 80 valence electrons. The number of amides is 1. The molecule has 14 heavy (non-hydrogen) atoms. The van der Waals surface area contributed by atoms with E-state index in [1.807, 2.05) is 4.90 Å². The summed E-state index contributed by atoms with van der Waals surface area (Å²) in [6, 6.07) is 0. The number of nitrogens with zero attached hydrogens (tertiary/aromatic N) is 2. The van der Waals surface area contributed by atoms with Crippen LogP contribution in [0.15, 0.2) is 5.16 Å². The minimum atomic E-state index is 0.106. The SMILES string of the molecule is CC(=O)N1CCCC(C/C(N)=N/O)C1. The first-order valence-electron chi connectivity index (χ1n) is 4.85. The van der Waals surface area contributed by atoms with Gasteiger partial charge in [0, 0.05) is 26.4 Å². The van der Waals surface area contributed by atoms with E-state index in [1.54, 1.807) is 6.92 Å². The third kappa shape index (κ3) is 2.90. The molecule has 1 fully saturated rings. The van der Waals surface area contributed by atoms with E-state index in [-0.39, 0.29) is 11.7 Å². The Morgan fingerprint density at radius 1 is 1.71 bits per heavy atom. The maximum absolute atomic E-state index is 11.1. The third-order valence-corrected chi connectivity index (χ3v) is 2.59. The second-order valence-corrected chi connectivity index (χ2v) is 3.77. The van der Waals surface area contributed by atoms with Crippen molar-refractivity contribution in [1.82, 2.24) is 4.90 Å². The average molecular weight is 199 g/mol. The minimum absolute atomic E-state index is 0.106. The molecule has 1 rings (SSSR count). The summed E-state index contributed by atoms with van der Waals surface area (Å²) < 4.78 is 0. The summed E-state index contributed by atoms with van der Waals surface area (Å²) in [5.74, 6) is 0.693. The third-order valence-electron chi connectivity index (χ3n) is 2.59. The largest absolute Gasteiger partial charge is 0.409 e. The summed E-state index contributed by atoms with van der Waals surface area (Å²) in [6.45, 7) is 3.14. The molecule has 1 aliphatic heterocycles. The highest BCUT2D eigenvalue weighted by Crippen LogP contribution is 2.19. The van der Waals surface area contributed by atoms with Crippen molar-refractivity contribution >= 4 is 11.7 Å². The molecule has 0 aromatic carbocycles. The maximum atomic E-state index is 11.1. The summed E-state index contributed by atoms with van der Waals surface area (Å²) in [4.78, 5) is 12.9. The van der Waals surface area contributed by atoms with Gasteiger partial charge in [-0.3, -0.25) is 4.79 Å². The van der Waals surface area contributed by atoms with Gasteiger partial charge in [0.15, 0.2) is 0 Å². The standard InChI is InChI=1S/C9H17N3O2/c1-7(13)12-4-2-3-8(6-12)5-9(10)11-14/h8,14H,2-6H2,1H3,(H2,10,11). The van der Waals surface area contributed by atoms with Gasteiger partial charge >= 0.3 is 0 Å². The van der Waals surface area contributed by atoms with Crippen molar-refractivity contribution in [3.8, 4) is 0 Å². The van der Waals surface area contributed by atoms with Gasteiger partial charge in [-0.25, -0.2) is 0 Å². The molecule has 3 N–H and O–H groups in total. The van der Waals surface area contributed by atoms with Crippen LogP contribution in [0.1, 0.15) is 26.2 Å². The molecule has 5 heteroatoms. The van der Waals surface area contributed by atoms with E-state index in [4.69, 9.17) is 10.9 Å². The molecule has 0 aliphatic carbocycles. The Bertz CT molecular complexity index is 240. The molecule has 5 nitrogen and oxygen atoms in total. The van der Waals surface area contributed by atoms with Gasteiger partial charge in [-0.2, -0.15) is 0 Å². The van der Waals surface area contributed by atoms with Crippen molar-refractivity contribution in [1.29, 1.82) is 0 Å². The Morgan fingerprint density at radius 3 is 3.00 bits per heavy atom. The highest BCUT2D eigenvalue weighted by atomic mass is 16.4. The van der Waals surface area contributed by atoms with Gasteiger partial charge in [-0.1, -0.05) is 5.16 Å². The van der Waals surface area contributed by atoms with Gasteiger partial charge in [0.2, 0.25) is 5.91 Å². The lowest BCUT2D eigenvalue weighted by Gasteiger charge is -2.31. The van der Waals surface area contributed by atoms with Crippen LogP contribution >= 0.6 is 0 Å². The van der Waals surface area contributed by atoms with Crippen LogP contribution in [0.5, 0.6) is 0 Å². The Balaban J connectivity index is 2.44. The Kier molecular flexibility index (Phi) is 3.73. The normalized spacial score (nSPS) is 23.6. The number of carbonyl (C=O) groups is 1. The molecule has 0 aromatic heterocycles. The van der Waals surface area contributed by atoms with Gasteiger partial charge in [0.1, 0.15) is 5.84 Å². The Labute approximate surface area is 83.6 Å². The van der Waals surface area contributed by atoms with Crippen LogP contribution in [0, 0.1) is 5.92 Å². The van der Waals surface area contributed by atoms with Crippen LogP contribution in [0.2, 0.25) is 0 Å². The van der Waals surface area contributed by atoms with Crippen molar-refractivity contribution < 1.29 is 10.0 Å². The molecule has 0 saturated carbocycles. The molecular formula is C9H17N3O2. The molecule has 0 aromatic rings. The molecule has 1 unspecified atom stereocenters. The molecular weight excluding hydrogens is 182 g/mol. The van der Waals surface area contributed by atoms with E-state index in [2.05, 4.69) is 5.16 Å². The lowest BCUT2D eigenvalue weighted by Crippen LogP contribution is -2.39. The summed E-state index contributed by atoms with van der Waals surface area (Å²) >= 11 is 0. The van der Waals surface area contributed by atoms with Crippen LogP contribution < -0.4 is 5.73 Å². The highest BCUT2D eigenvalue weighted by molar-refractivity contribution is 5.80. The van der Waals surface area contributed by atoms with Gasteiger partial charge in [-0.05, 0) is 18.8 Å². The molecule has 0 spiro atoms. The predicted octanol–water partition coefficient (Wildman–Crippen LogP) is 0.381. The van der Waals surface area contributed by atoms with Crippen LogP contribution in [-0.4, -0.2) is 34.9 Å². The number of carbonyl (C=O) groups excluding carboxylic acids is 1. The van der Waals surface area contributed by atoms with E-state index in [0.717, 1.165) is 25.9 Å². The van der Waals surface area contributed by atoms with Gasteiger partial charge in [0.05, 0.1) is 0 Å². The average Bonchev–Trinajstić information content (AvgIpc) is 2.18. The second-order valence-electron chi connectivity index (χ2n) is 3.77. The number of nitrogens with two attached hydrogens (primary N) is 1. The first-order valence-corrected chi connectivity index (χ1v) is 4.85. The summed E-state index contributed by atoms with van der Waals surface area (Å²) in [5, 5.41) is 11.4. The number of piperidine rings is 1. The number of hydrogen-bond acceptors (Lipinski definition) is 3. The topological polar surface area (TPSA) is 78.9 Å². The van der Waals surface area contributed by atoms with E-state index in [0.29, 0.717) is 12.3 Å². The molecule has 1 heterocycles. The van der Waals surface area contributed by atoms with Crippen LogP contribution in [-0.2, 0) is 4.79 Å². The Hall–Kier alpha value is -1.26. The van der Waals surface area contributed by atoms with E-state index < -0.39 is 0 Å². The molecule has 0 bridgehead atoms. The molecule has 1 amide bonds.